The van der Waals surface area contributed by atoms with E-state index < -0.39 is 0 Å². The summed E-state index contributed by atoms with van der Waals surface area (Å²) in [6.45, 7) is 4.93. The van der Waals surface area contributed by atoms with Crippen molar-refractivity contribution in [1.29, 1.82) is 0 Å². The molecule has 4 heteroatoms. The standard InChI is InChI=1S/C15H22N2O2/c1-3-14-11-17(10-9-16(14)2)15(18)19-12-13-7-5-4-6-8-13/h4-8,14H,3,9-12H2,1-2H3. The van der Waals surface area contributed by atoms with E-state index in [9.17, 15) is 4.79 Å². The summed E-state index contributed by atoms with van der Waals surface area (Å²) >= 11 is 0. The van der Waals surface area contributed by atoms with E-state index in [4.69, 9.17) is 4.74 Å². The molecular formula is C15H22N2O2. The van der Waals surface area contributed by atoms with Crippen molar-refractivity contribution in [1.82, 2.24) is 9.80 Å². The topological polar surface area (TPSA) is 32.8 Å². The van der Waals surface area contributed by atoms with Crippen LogP contribution in [0.3, 0.4) is 0 Å². The summed E-state index contributed by atoms with van der Waals surface area (Å²) in [7, 11) is 2.11. The van der Waals surface area contributed by atoms with E-state index in [0.29, 0.717) is 12.6 Å². The molecule has 1 heterocycles. The van der Waals surface area contributed by atoms with Crippen LogP contribution in [-0.4, -0.2) is 48.6 Å². The summed E-state index contributed by atoms with van der Waals surface area (Å²) in [6, 6.07) is 10.2. The number of benzene rings is 1. The summed E-state index contributed by atoms with van der Waals surface area (Å²) in [4.78, 5) is 16.1. The second-order valence-electron chi connectivity index (χ2n) is 5.03. The molecule has 1 saturated heterocycles. The largest absolute Gasteiger partial charge is 0.445 e. The third-order valence-electron chi connectivity index (χ3n) is 3.71. The molecule has 1 aromatic rings. The maximum atomic E-state index is 12.0. The van der Waals surface area contributed by atoms with Crippen molar-refractivity contribution < 1.29 is 9.53 Å². The molecule has 1 unspecified atom stereocenters. The zero-order chi connectivity index (χ0) is 13.7. The molecule has 1 aromatic carbocycles. The monoisotopic (exact) mass is 262 g/mol. The molecule has 0 aromatic heterocycles. The Morgan fingerprint density at radius 1 is 1.32 bits per heavy atom. The van der Waals surface area contributed by atoms with E-state index in [-0.39, 0.29) is 6.09 Å². The number of hydrogen-bond acceptors (Lipinski definition) is 3. The fourth-order valence-electron chi connectivity index (χ4n) is 2.36. The smallest absolute Gasteiger partial charge is 0.410 e. The Morgan fingerprint density at radius 2 is 2.05 bits per heavy atom. The average molecular weight is 262 g/mol. The van der Waals surface area contributed by atoms with Crippen molar-refractivity contribution in [3.8, 4) is 0 Å². The van der Waals surface area contributed by atoms with Crippen LogP contribution >= 0.6 is 0 Å². The predicted molar refractivity (Wildman–Crippen MR) is 74.9 cm³/mol. The molecule has 1 amide bonds. The molecule has 0 bridgehead atoms. The first-order chi connectivity index (χ1) is 9.20. The van der Waals surface area contributed by atoms with Crippen LogP contribution in [0.2, 0.25) is 0 Å². The summed E-state index contributed by atoms with van der Waals surface area (Å²) in [6.07, 6.45) is 0.856. The SMILES string of the molecule is CCC1CN(C(=O)OCc2ccccc2)CCN1C. The minimum atomic E-state index is -0.199. The highest BCUT2D eigenvalue weighted by atomic mass is 16.6. The molecule has 1 fully saturated rings. The van der Waals surface area contributed by atoms with Crippen molar-refractivity contribution in [2.75, 3.05) is 26.7 Å². The Bertz CT molecular complexity index is 408. The zero-order valence-corrected chi connectivity index (χ0v) is 11.7. The van der Waals surface area contributed by atoms with Gasteiger partial charge in [0.15, 0.2) is 0 Å². The fraction of sp³-hybridized carbons (Fsp3) is 0.533. The van der Waals surface area contributed by atoms with E-state index in [0.717, 1.165) is 31.6 Å². The van der Waals surface area contributed by atoms with E-state index >= 15 is 0 Å². The number of likely N-dealkylation sites (N-methyl/N-ethyl adjacent to an activating group) is 1. The van der Waals surface area contributed by atoms with Crippen molar-refractivity contribution in [3.05, 3.63) is 35.9 Å². The molecule has 4 nitrogen and oxygen atoms in total. The van der Waals surface area contributed by atoms with Crippen molar-refractivity contribution in [3.63, 3.8) is 0 Å². The molecule has 2 rings (SSSR count). The third kappa shape index (κ3) is 3.70. The number of carbonyl (C=O) groups excluding carboxylic acids is 1. The normalized spacial score (nSPS) is 20.3. The molecular weight excluding hydrogens is 240 g/mol. The van der Waals surface area contributed by atoms with Crippen molar-refractivity contribution >= 4 is 6.09 Å². The number of carbonyl (C=O) groups is 1. The second-order valence-corrected chi connectivity index (χ2v) is 5.03. The maximum absolute atomic E-state index is 12.0. The number of piperazine rings is 1. The van der Waals surface area contributed by atoms with Gasteiger partial charge in [-0.1, -0.05) is 37.3 Å². The fourth-order valence-corrected chi connectivity index (χ4v) is 2.36. The minimum absolute atomic E-state index is 0.199. The molecule has 0 aliphatic carbocycles. The average Bonchev–Trinajstić information content (AvgIpc) is 2.46. The Kier molecular flexibility index (Phi) is 4.80. The highest BCUT2D eigenvalue weighted by Crippen LogP contribution is 2.12. The van der Waals surface area contributed by atoms with Gasteiger partial charge in [-0.2, -0.15) is 0 Å². The lowest BCUT2D eigenvalue weighted by Gasteiger charge is -2.38. The van der Waals surface area contributed by atoms with Crippen LogP contribution in [0.15, 0.2) is 30.3 Å². The maximum Gasteiger partial charge on any atom is 0.410 e. The lowest BCUT2D eigenvalue weighted by Crippen LogP contribution is -2.53. The number of rotatable bonds is 3. The third-order valence-corrected chi connectivity index (χ3v) is 3.71. The number of ether oxygens (including phenoxy) is 1. The van der Waals surface area contributed by atoms with Gasteiger partial charge < -0.3 is 9.64 Å². The van der Waals surface area contributed by atoms with Crippen LogP contribution in [-0.2, 0) is 11.3 Å². The molecule has 0 N–H and O–H groups in total. The Hall–Kier alpha value is -1.55. The van der Waals surface area contributed by atoms with Gasteiger partial charge in [-0.3, -0.25) is 4.90 Å². The van der Waals surface area contributed by atoms with Crippen LogP contribution < -0.4 is 0 Å². The van der Waals surface area contributed by atoms with Crippen LogP contribution in [0, 0.1) is 0 Å². The first kappa shape index (κ1) is 13.9. The number of amides is 1. The lowest BCUT2D eigenvalue weighted by molar-refractivity contribution is 0.0557. The van der Waals surface area contributed by atoms with Crippen molar-refractivity contribution in [2.24, 2.45) is 0 Å². The quantitative estimate of drug-likeness (QED) is 0.838. The minimum Gasteiger partial charge on any atom is -0.445 e. The molecule has 19 heavy (non-hydrogen) atoms. The predicted octanol–water partition coefficient (Wildman–Crippen LogP) is 2.35. The highest BCUT2D eigenvalue weighted by molar-refractivity contribution is 5.67. The highest BCUT2D eigenvalue weighted by Gasteiger charge is 2.26. The van der Waals surface area contributed by atoms with Gasteiger partial charge in [0.2, 0.25) is 0 Å². The van der Waals surface area contributed by atoms with Crippen LogP contribution in [0.5, 0.6) is 0 Å². The second kappa shape index (κ2) is 6.57. The van der Waals surface area contributed by atoms with Gasteiger partial charge in [-0.15, -0.1) is 0 Å². The van der Waals surface area contributed by atoms with Gasteiger partial charge in [0.1, 0.15) is 6.61 Å². The van der Waals surface area contributed by atoms with Gasteiger partial charge in [0.05, 0.1) is 0 Å². The molecule has 0 spiro atoms. The van der Waals surface area contributed by atoms with Gasteiger partial charge in [0, 0.05) is 25.7 Å². The molecule has 1 atom stereocenters. The molecule has 1 aliphatic rings. The summed E-state index contributed by atoms with van der Waals surface area (Å²) in [5.41, 5.74) is 1.03. The summed E-state index contributed by atoms with van der Waals surface area (Å²) < 4.78 is 5.36. The summed E-state index contributed by atoms with van der Waals surface area (Å²) in [5.74, 6) is 0. The number of hydrogen-bond donors (Lipinski definition) is 0. The van der Waals surface area contributed by atoms with Gasteiger partial charge >= 0.3 is 6.09 Å². The van der Waals surface area contributed by atoms with Gasteiger partial charge in [-0.05, 0) is 19.0 Å². The first-order valence-electron chi connectivity index (χ1n) is 6.86. The lowest BCUT2D eigenvalue weighted by atomic mass is 10.1. The van der Waals surface area contributed by atoms with E-state index in [1.165, 1.54) is 0 Å². The molecule has 104 valence electrons. The van der Waals surface area contributed by atoms with Gasteiger partial charge in [-0.25, -0.2) is 4.79 Å². The Labute approximate surface area is 115 Å². The summed E-state index contributed by atoms with van der Waals surface area (Å²) in [5, 5.41) is 0. The van der Waals surface area contributed by atoms with Crippen LogP contribution in [0.25, 0.3) is 0 Å². The van der Waals surface area contributed by atoms with E-state index in [2.05, 4.69) is 18.9 Å². The first-order valence-corrected chi connectivity index (χ1v) is 6.86. The number of nitrogens with zero attached hydrogens (tertiary/aromatic N) is 2. The van der Waals surface area contributed by atoms with E-state index in [1.807, 2.05) is 35.2 Å². The molecule has 1 aliphatic heterocycles. The Morgan fingerprint density at radius 3 is 2.74 bits per heavy atom. The molecule has 0 radical (unpaired) electrons. The van der Waals surface area contributed by atoms with Crippen molar-refractivity contribution in [2.45, 2.75) is 26.0 Å². The molecule has 0 saturated carbocycles. The van der Waals surface area contributed by atoms with E-state index in [1.54, 1.807) is 0 Å². The Balaban J connectivity index is 1.83. The van der Waals surface area contributed by atoms with Crippen LogP contribution in [0.4, 0.5) is 4.79 Å². The van der Waals surface area contributed by atoms with Crippen LogP contribution in [0.1, 0.15) is 18.9 Å². The van der Waals surface area contributed by atoms with Gasteiger partial charge in [0.25, 0.3) is 0 Å². The zero-order valence-electron chi connectivity index (χ0n) is 11.7.